The number of nitrogens with one attached hydrogen (secondary N) is 1. The molecule has 1 rings (SSSR count). The number of carbonyl (C=O) groups excluding carboxylic acids is 1. The van der Waals surface area contributed by atoms with Crippen LogP contribution in [0.5, 0.6) is 0 Å². The maximum Gasteiger partial charge on any atom is 0.254 e. The molecule has 1 amide bonds. The summed E-state index contributed by atoms with van der Waals surface area (Å²) in [5, 5.41) is 7.62. The van der Waals surface area contributed by atoms with Gasteiger partial charge in [0, 0.05) is 10.5 Å². The average molecular weight is 367 g/mol. The van der Waals surface area contributed by atoms with E-state index in [0.717, 1.165) is 12.1 Å². The van der Waals surface area contributed by atoms with Crippen LogP contribution in [0, 0.1) is 11.7 Å². The number of amides is 1. The first kappa shape index (κ1) is 17.1. The number of sulfonamides is 1. The molecule has 1 atom stereocenters. The molecule has 1 aromatic rings. The minimum Gasteiger partial charge on any atom is -0.349 e. The number of primary sulfonamides is 1. The zero-order valence-corrected chi connectivity index (χ0v) is 13.7. The highest BCUT2D eigenvalue weighted by Crippen LogP contribution is 2.24. The zero-order chi connectivity index (χ0) is 15.7. The quantitative estimate of drug-likeness (QED) is 0.853. The van der Waals surface area contributed by atoms with Gasteiger partial charge in [-0.3, -0.25) is 4.79 Å². The highest BCUT2D eigenvalue weighted by Gasteiger charge is 2.21. The highest BCUT2D eigenvalue weighted by atomic mass is 79.9. The van der Waals surface area contributed by atoms with Crippen LogP contribution in [0.4, 0.5) is 4.39 Å². The van der Waals surface area contributed by atoms with E-state index in [0.29, 0.717) is 0 Å². The van der Waals surface area contributed by atoms with Crippen molar-refractivity contribution in [2.45, 2.75) is 31.7 Å². The van der Waals surface area contributed by atoms with E-state index in [-0.39, 0.29) is 26.9 Å². The summed E-state index contributed by atoms with van der Waals surface area (Å²) in [4.78, 5) is 11.6. The SMILES string of the molecule is CC(C)C(C)NC(=O)c1cc(S(N)(=O)=O)c(Br)cc1F. The molecule has 112 valence electrons. The minimum absolute atomic E-state index is 0.0223. The van der Waals surface area contributed by atoms with Gasteiger partial charge in [-0.1, -0.05) is 13.8 Å². The number of rotatable bonds is 4. The number of halogens is 2. The van der Waals surface area contributed by atoms with Crippen molar-refractivity contribution >= 4 is 31.9 Å². The Morgan fingerprint density at radius 2 is 1.90 bits per heavy atom. The van der Waals surface area contributed by atoms with Gasteiger partial charge in [-0.15, -0.1) is 0 Å². The van der Waals surface area contributed by atoms with Crippen LogP contribution in [0.2, 0.25) is 0 Å². The van der Waals surface area contributed by atoms with Crippen molar-refractivity contribution in [2.24, 2.45) is 11.1 Å². The lowest BCUT2D eigenvalue weighted by atomic mass is 10.1. The second-order valence-electron chi connectivity index (χ2n) is 4.81. The maximum atomic E-state index is 13.8. The smallest absolute Gasteiger partial charge is 0.254 e. The van der Waals surface area contributed by atoms with Gasteiger partial charge in [0.05, 0.1) is 10.5 Å². The van der Waals surface area contributed by atoms with Crippen molar-refractivity contribution in [1.29, 1.82) is 0 Å². The highest BCUT2D eigenvalue weighted by molar-refractivity contribution is 9.10. The van der Waals surface area contributed by atoms with Crippen molar-refractivity contribution in [2.75, 3.05) is 0 Å². The summed E-state index contributed by atoms with van der Waals surface area (Å²) in [5.74, 6) is -1.34. The molecule has 0 heterocycles. The van der Waals surface area contributed by atoms with Crippen LogP contribution in [0.25, 0.3) is 0 Å². The molecule has 0 aliphatic heterocycles. The molecule has 0 saturated carbocycles. The van der Waals surface area contributed by atoms with Crippen molar-refractivity contribution in [1.82, 2.24) is 5.32 Å². The van der Waals surface area contributed by atoms with Crippen molar-refractivity contribution < 1.29 is 17.6 Å². The average Bonchev–Trinajstić information content (AvgIpc) is 2.26. The molecule has 0 saturated heterocycles. The molecule has 20 heavy (non-hydrogen) atoms. The first-order valence-corrected chi connectivity index (χ1v) is 8.20. The fraction of sp³-hybridized carbons (Fsp3) is 0.417. The largest absolute Gasteiger partial charge is 0.349 e. The normalized spacial score (nSPS) is 13.3. The summed E-state index contributed by atoms with van der Waals surface area (Å²) < 4.78 is 36.5. The van der Waals surface area contributed by atoms with Gasteiger partial charge in [0.1, 0.15) is 5.82 Å². The Balaban J connectivity index is 3.22. The van der Waals surface area contributed by atoms with Gasteiger partial charge >= 0.3 is 0 Å². The van der Waals surface area contributed by atoms with Crippen LogP contribution < -0.4 is 10.5 Å². The molecular weight excluding hydrogens is 351 g/mol. The summed E-state index contributed by atoms with van der Waals surface area (Å²) in [6.07, 6.45) is 0. The maximum absolute atomic E-state index is 13.8. The topological polar surface area (TPSA) is 89.3 Å². The third kappa shape index (κ3) is 4.00. The van der Waals surface area contributed by atoms with Crippen LogP contribution in [0.15, 0.2) is 21.5 Å². The van der Waals surface area contributed by atoms with Crippen molar-refractivity contribution in [3.63, 3.8) is 0 Å². The molecule has 3 N–H and O–H groups in total. The van der Waals surface area contributed by atoms with E-state index >= 15 is 0 Å². The van der Waals surface area contributed by atoms with Gasteiger partial charge in [-0.25, -0.2) is 17.9 Å². The van der Waals surface area contributed by atoms with Crippen LogP contribution in [0.1, 0.15) is 31.1 Å². The summed E-state index contributed by atoms with van der Waals surface area (Å²) >= 11 is 2.91. The summed E-state index contributed by atoms with van der Waals surface area (Å²) in [7, 11) is -4.04. The number of hydrogen-bond donors (Lipinski definition) is 2. The third-order valence-corrected chi connectivity index (χ3v) is 4.80. The Morgan fingerprint density at radius 3 is 2.35 bits per heavy atom. The molecule has 5 nitrogen and oxygen atoms in total. The molecule has 0 fully saturated rings. The van der Waals surface area contributed by atoms with Gasteiger partial charge in [0.15, 0.2) is 0 Å². The second kappa shape index (κ2) is 6.19. The minimum atomic E-state index is -4.04. The van der Waals surface area contributed by atoms with E-state index in [1.54, 1.807) is 6.92 Å². The number of benzene rings is 1. The molecule has 1 unspecified atom stereocenters. The van der Waals surface area contributed by atoms with E-state index < -0.39 is 21.7 Å². The van der Waals surface area contributed by atoms with E-state index in [9.17, 15) is 17.6 Å². The fourth-order valence-electron chi connectivity index (χ4n) is 1.37. The standard InChI is InChI=1S/C12H16BrFN2O3S/c1-6(2)7(3)16-12(17)8-4-11(20(15,18)19)9(13)5-10(8)14/h4-7H,1-3H3,(H,16,17)(H2,15,18,19). The van der Waals surface area contributed by atoms with Crippen molar-refractivity contribution in [3.05, 3.63) is 28.0 Å². The number of carbonyl (C=O) groups is 1. The Morgan fingerprint density at radius 1 is 1.35 bits per heavy atom. The van der Waals surface area contributed by atoms with Crippen LogP contribution >= 0.6 is 15.9 Å². The summed E-state index contributed by atoms with van der Waals surface area (Å²) in [6, 6.07) is 1.66. The monoisotopic (exact) mass is 366 g/mol. The van der Waals surface area contributed by atoms with Gasteiger partial charge in [0.25, 0.3) is 5.91 Å². The van der Waals surface area contributed by atoms with E-state index in [1.165, 1.54) is 0 Å². The lowest BCUT2D eigenvalue weighted by Crippen LogP contribution is -2.36. The van der Waals surface area contributed by atoms with Gasteiger partial charge in [0.2, 0.25) is 10.0 Å². The first-order chi connectivity index (χ1) is 9.04. The van der Waals surface area contributed by atoms with Gasteiger partial charge < -0.3 is 5.32 Å². The third-order valence-electron chi connectivity index (χ3n) is 2.93. The Kier molecular flexibility index (Phi) is 5.28. The molecule has 8 heteroatoms. The lowest BCUT2D eigenvalue weighted by Gasteiger charge is -2.18. The number of hydrogen-bond acceptors (Lipinski definition) is 3. The predicted molar refractivity (Wildman–Crippen MR) is 77.2 cm³/mol. The molecular formula is C12H16BrFN2O3S. The predicted octanol–water partition coefficient (Wildman–Crippen LogP) is 2.01. The lowest BCUT2D eigenvalue weighted by molar-refractivity contribution is 0.0926. The van der Waals surface area contributed by atoms with Gasteiger partial charge in [-0.2, -0.15) is 0 Å². The fourth-order valence-corrected chi connectivity index (χ4v) is 2.98. The summed E-state index contributed by atoms with van der Waals surface area (Å²) in [5.41, 5.74) is -0.357. The van der Waals surface area contributed by atoms with E-state index in [4.69, 9.17) is 5.14 Å². The molecule has 0 radical (unpaired) electrons. The Bertz CT molecular complexity index is 632. The molecule has 1 aromatic carbocycles. The first-order valence-electron chi connectivity index (χ1n) is 5.86. The van der Waals surface area contributed by atoms with E-state index in [1.807, 2.05) is 13.8 Å². The van der Waals surface area contributed by atoms with E-state index in [2.05, 4.69) is 21.2 Å². The zero-order valence-electron chi connectivity index (χ0n) is 11.3. The Hall–Kier alpha value is -0.990. The summed E-state index contributed by atoms with van der Waals surface area (Å²) in [6.45, 7) is 5.58. The van der Waals surface area contributed by atoms with Crippen LogP contribution in [-0.4, -0.2) is 20.4 Å². The van der Waals surface area contributed by atoms with Gasteiger partial charge in [-0.05, 0) is 40.9 Å². The molecule has 0 spiro atoms. The van der Waals surface area contributed by atoms with Crippen LogP contribution in [-0.2, 0) is 10.0 Å². The molecule has 0 aliphatic rings. The van der Waals surface area contributed by atoms with Crippen LogP contribution in [0.3, 0.4) is 0 Å². The second-order valence-corrected chi connectivity index (χ2v) is 7.20. The Labute approximate surface area is 125 Å². The van der Waals surface area contributed by atoms with Crippen molar-refractivity contribution in [3.8, 4) is 0 Å². The number of nitrogens with two attached hydrogens (primary N) is 1. The molecule has 0 aromatic heterocycles. The molecule has 0 aliphatic carbocycles. The molecule has 0 bridgehead atoms.